The van der Waals surface area contributed by atoms with E-state index in [0.29, 0.717) is 18.6 Å². The number of alkyl halides is 3. The largest absolute Gasteiger partial charge is 0.493 e. The first-order valence-electron chi connectivity index (χ1n) is 11.5. The quantitative estimate of drug-likeness (QED) is 0.351. The minimum atomic E-state index is -4.15. The molecule has 1 aromatic carbocycles. The minimum Gasteiger partial charge on any atom is -0.493 e. The maximum atomic E-state index is 14.9. The molecule has 0 radical (unpaired) electrons. The topological polar surface area (TPSA) is 50.8 Å². The highest BCUT2D eigenvalue weighted by Crippen LogP contribution is 2.48. The zero-order valence-electron chi connectivity index (χ0n) is 19.0. The summed E-state index contributed by atoms with van der Waals surface area (Å²) in [5.41, 5.74) is 0.363. The van der Waals surface area contributed by atoms with Gasteiger partial charge >= 0.3 is 6.18 Å². The first kappa shape index (κ1) is 24.7. The second-order valence-electron chi connectivity index (χ2n) is 9.86. The fraction of sp³-hybridized carbons (Fsp3) is 0.696. The number of nitrogens with one attached hydrogen (secondary N) is 1. The van der Waals surface area contributed by atoms with Gasteiger partial charge in [0.05, 0.1) is 18.1 Å². The van der Waals surface area contributed by atoms with Crippen molar-refractivity contribution in [2.45, 2.75) is 64.0 Å². The van der Waals surface area contributed by atoms with Gasteiger partial charge in [0.25, 0.3) is 5.91 Å². The Hall–Kier alpha value is -1.44. The molecule has 5 nitrogen and oxygen atoms in total. The van der Waals surface area contributed by atoms with Gasteiger partial charge in [-0.3, -0.25) is 9.42 Å². The first-order valence-corrected chi connectivity index (χ1v) is 13.3. The van der Waals surface area contributed by atoms with Gasteiger partial charge in [0, 0.05) is 31.2 Å². The molecule has 1 N–H and O–H groups in total. The van der Waals surface area contributed by atoms with Crippen molar-refractivity contribution < 1.29 is 31.7 Å². The number of hydroxylamine groups is 2. The molecule has 1 amide bonds. The Morgan fingerprint density at radius 2 is 1.88 bits per heavy atom. The van der Waals surface area contributed by atoms with Crippen LogP contribution in [0.3, 0.4) is 0 Å². The normalized spacial score (nSPS) is 27.0. The van der Waals surface area contributed by atoms with Gasteiger partial charge < -0.3 is 9.82 Å². The van der Waals surface area contributed by atoms with Crippen LogP contribution >= 0.6 is 8.30 Å². The van der Waals surface area contributed by atoms with E-state index in [9.17, 15) is 22.4 Å². The summed E-state index contributed by atoms with van der Waals surface area (Å²) in [5.74, 6) is -1.85. The van der Waals surface area contributed by atoms with Crippen LogP contribution in [0.2, 0.25) is 0 Å². The molecule has 1 aliphatic heterocycles. The number of benzene rings is 1. The minimum absolute atomic E-state index is 0.0392. The Bertz CT molecular complexity index is 866. The van der Waals surface area contributed by atoms with E-state index >= 15 is 0 Å². The van der Waals surface area contributed by atoms with Crippen LogP contribution in [0, 0.1) is 17.2 Å². The predicted molar refractivity (Wildman–Crippen MR) is 118 cm³/mol. The Kier molecular flexibility index (Phi) is 7.23. The van der Waals surface area contributed by atoms with Gasteiger partial charge in [0.1, 0.15) is 11.6 Å². The maximum absolute atomic E-state index is 14.9. The van der Waals surface area contributed by atoms with E-state index in [2.05, 4.69) is 5.09 Å². The maximum Gasteiger partial charge on any atom is 0.391 e. The number of nitrogens with zero attached hydrogens (tertiary/aromatic N) is 1. The summed E-state index contributed by atoms with van der Waals surface area (Å²) in [4.78, 5) is 12.7. The van der Waals surface area contributed by atoms with Crippen LogP contribution in [0.4, 0.5) is 17.6 Å². The molecular formula is C23H31F4N2O3P. The van der Waals surface area contributed by atoms with Gasteiger partial charge in [-0.05, 0) is 62.5 Å². The number of amides is 1. The summed E-state index contributed by atoms with van der Waals surface area (Å²) >= 11 is 0. The first-order chi connectivity index (χ1) is 15.5. The molecule has 0 aromatic heterocycles. The summed E-state index contributed by atoms with van der Waals surface area (Å²) in [5, 5.41) is 4.51. The fourth-order valence-corrected chi connectivity index (χ4v) is 5.35. The van der Waals surface area contributed by atoms with E-state index < -0.39 is 32.1 Å². The second kappa shape index (κ2) is 9.67. The van der Waals surface area contributed by atoms with Crippen molar-refractivity contribution in [2.75, 3.05) is 26.4 Å². The molecule has 0 bridgehead atoms. The van der Waals surface area contributed by atoms with E-state index in [4.69, 9.17) is 9.36 Å². The van der Waals surface area contributed by atoms with E-state index in [1.165, 1.54) is 6.07 Å². The van der Waals surface area contributed by atoms with Crippen molar-refractivity contribution in [3.63, 3.8) is 0 Å². The number of halogens is 4. The molecule has 2 saturated carbocycles. The van der Waals surface area contributed by atoms with Crippen molar-refractivity contribution >= 4 is 14.2 Å². The molecule has 2 aliphatic carbocycles. The zero-order chi connectivity index (χ0) is 23.8. The van der Waals surface area contributed by atoms with E-state index in [0.717, 1.165) is 37.9 Å². The second-order valence-corrected chi connectivity index (χ2v) is 11.2. The highest BCUT2D eigenvalue weighted by molar-refractivity contribution is 7.50. The van der Waals surface area contributed by atoms with Crippen LogP contribution < -0.4 is 9.82 Å². The molecule has 3 fully saturated rings. The predicted octanol–water partition coefficient (Wildman–Crippen LogP) is 6.15. The molecule has 1 saturated heterocycles. The highest BCUT2D eigenvalue weighted by Gasteiger charge is 2.44. The third-order valence-electron chi connectivity index (χ3n) is 6.90. The van der Waals surface area contributed by atoms with Crippen LogP contribution in [0.25, 0.3) is 0 Å². The van der Waals surface area contributed by atoms with Crippen molar-refractivity contribution in [1.29, 1.82) is 0 Å². The van der Waals surface area contributed by atoms with Crippen molar-refractivity contribution in [2.24, 2.45) is 11.3 Å². The van der Waals surface area contributed by atoms with Gasteiger partial charge in [0.2, 0.25) is 0 Å². The Morgan fingerprint density at radius 3 is 2.42 bits per heavy atom. The molecule has 10 heteroatoms. The SMILES string of the molecule is CP(NC(=O)c1cc(C2CC2)c(OCC2(C)CCC(C(F)(F)F)CC2)cc1F)ON1CCC1. The van der Waals surface area contributed by atoms with Crippen molar-refractivity contribution in [1.82, 2.24) is 10.2 Å². The molecule has 33 heavy (non-hydrogen) atoms. The molecule has 0 spiro atoms. The lowest BCUT2D eigenvalue weighted by atomic mass is 9.72. The lowest BCUT2D eigenvalue weighted by Gasteiger charge is -2.37. The lowest BCUT2D eigenvalue weighted by Crippen LogP contribution is -2.37. The van der Waals surface area contributed by atoms with E-state index in [1.54, 1.807) is 17.8 Å². The Morgan fingerprint density at radius 1 is 1.21 bits per heavy atom. The van der Waals surface area contributed by atoms with Gasteiger partial charge in [-0.25, -0.2) is 4.39 Å². The lowest BCUT2D eigenvalue weighted by molar-refractivity contribution is -0.187. The number of hydrogen-bond acceptors (Lipinski definition) is 4. The Balaban J connectivity index is 1.40. The molecule has 4 rings (SSSR count). The molecule has 184 valence electrons. The monoisotopic (exact) mass is 490 g/mol. The third kappa shape index (κ3) is 6.17. The number of carbonyl (C=O) groups excluding carboxylic acids is 1. The number of carbonyl (C=O) groups is 1. The van der Waals surface area contributed by atoms with Gasteiger partial charge in [-0.1, -0.05) is 6.92 Å². The van der Waals surface area contributed by atoms with Crippen molar-refractivity contribution in [3.05, 3.63) is 29.1 Å². The van der Waals surface area contributed by atoms with Crippen LogP contribution in [0.1, 0.15) is 73.7 Å². The molecule has 1 aromatic rings. The van der Waals surface area contributed by atoms with Gasteiger partial charge in [0.15, 0.2) is 8.30 Å². The number of rotatable bonds is 8. The molecule has 1 unspecified atom stereocenters. The molecule has 1 heterocycles. The van der Waals surface area contributed by atoms with Crippen LogP contribution in [0.5, 0.6) is 5.75 Å². The van der Waals surface area contributed by atoms with Crippen LogP contribution in [0.15, 0.2) is 12.1 Å². The third-order valence-corrected chi connectivity index (χ3v) is 7.90. The highest BCUT2D eigenvalue weighted by atomic mass is 31.2. The molecular weight excluding hydrogens is 459 g/mol. The van der Waals surface area contributed by atoms with Gasteiger partial charge in [-0.15, -0.1) is 0 Å². The van der Waals surface area contributed by atoms with Gasteiger partial charge in [-0.2, -0.15) is 18.2 Å². The van der Waals surface area contributed by atoms with E-state index in [-0.39, 0.29) is 36.3 Å². The average molecular weight is 490 g/mol. The van der Waals surface area contributed by atoms with Crippen LogP contribution in [-0.2, 0) is 4.62 Å². The smallest absolute Gasteiger partial charge is 0.391 e. The summed E-state index contributed by atoms with van der Waals surface area (Å²) < 4.78 is 65.5. The standard InChI is InChI=1S/C23H31F4N2O3P/c1-22(8-6-16(7-9-22)23(25,26)27)14-31-20-13-19(24)18(12-17(20)15-4-5-15)21(30)28-33(2)32-29-10-3-11-29/h12-13,15-16H,3-11,14H2,1-2H3,(H,28,30). The summed E-state index contributed by atoms with van der Waals surface area (Å²) in [6.45, 7) is 5.56. The van der Waals surface area contributed by atoms with Crippen LogP contribution in [-0.4, -0.2) is 43.5 Å². The zero-order valence-corrected chi connectivity index (χ0v) is 19.9. The summed E-state index contributed by atoms with van der Waals surface area (Å²) in [6, 6.07) is 2.81. The summed E-state index contributed by atoms with van der Waals surface area (Å²) in [7, 11) is -1.25. The molecule has 3 aliphatic rings. The summed E-state index contributed by atoms with van der Waals surface area (Å²) in [6.07, 6.45) is -0.220. The van der Waals surface area contributed by atoms with Crippen molar-refractivity contribution in [3.8, 4) is 5.75 Å². The number of hydrogen-bond donors (Lipinski definition) is 1. The number of ether oxygens (including phenoxy) is 1. The van der Waals surface area contributed by atoms with E-state index in [1.807, 2.05) is 6.92 Å². The average Bonchev–Trinajstić information content (AvgIpc) is 3.54. The molecule has 1 atom stereocenters. The fourth-order valence-electron chi connectivity index (χ4n) is 4.39. The Labute approximate surface area is 193 Å².